The SMILES string of the molecule is CC(C)(C)c1cc2c(N)cccc2[nH]1. The highest BCUT2D eigenvalue weighted by Gasteiger charge is 2.16. The molecule has 0 unspecified atom stereocenters. The predicted molar refractivity (Wildman–Crippen MR) is 61.4 cm³/mol. The Morgan fingerprint density at radius 3 is 2.50 bits per heavy atom. The molecular formula is C12H16N2. The molecule has 0 saturated heterocycles. The summed E-state index contributed by atoms with van der Waals surface area (Å²) in [5, 5.41) is 1.12. The van der Waals surface area contributed by atoms with Gasteiger partial charge in [0.15, 0.2) is 0 Å². The van der Waals surface area contributed by atoms with Gasteiger partial charge in [0, 0.05) is 27.7 Å². The minimum atomic E-state index is 0.144. The summed E-state index contributed by atoms with van der Waals surface area (Å²) >= 11 is 0. The van der Waals surface area contributed by atoms with Gasteiger partial charge in [0.25, 0.3) is 0 Å². The zero-order chi connectivity index (χ0) is 10.3. The summed E-state index contributed by atoms with van der Waals surface area (Å²) < 4.78 is 0. The smallest absolute Gasteiger partial charge is 0.0477 e. The summed E-state index contributed by atoms with van der Waals surface area (Å²) in [6.07, 6.45) is 0. The minimum Gasteiger partial charge on any atom is -0.398 e. The average molecular weight is 188 g/mol. The number of aromatic nitrogens is 1. The van der Waals surface area contributed by atoms with E-state index in [1.165, 1.54) is 5.69 Å². The van der Waals surface area contributed by atoms with Gasteiger partial charge in [-0.05, 0) is 18.2 Å². The standard InChI is InChI=1S/C12H16N2/c1-12(2,3)11-7-8-9(13)5-4-6-10(8)14-11/h4-7,14H,13H2,1-3H3. The molecule has 2 nitrogen and oxygen atoms in total. The van der Waals surface area contributed by atoms with Gasteiger partial charge in [-0.3, -0.25) is 0 Å². The molecule has 0 spiro atoms. The summed E-state index contributed by atoms with van der Waals surface area (Å²) in [6.45, 7) is 6.57. The molecule has 0 atom stereocenters. The van der Waals surface area contributed by atoms with Gasteiger partial charge in [0.05, 0.1) is 0 Å². The molecule has 14 heavy (non-hydrogen) atoms. The van der Waals surface area contributed by atoms with Crippen LogP contribution in [0.25, 0.3) is 10.9 Å². The second-order valence-electron chi connectivity index (χ2n) is 4.74. The van der Waals surface area contributed by atoms with Crippen LogP contribution in [0.4, 0.5) is 5.69 Å². The van der Waals surface area contributed by atoms with Crippen molar-refractivity contribution in [2.45, 2.75) is 26.2 Å². The maximum absolute atomic E-state index is 5.89. The normalized spacial score (nSPS) is 12.2. The topological polar surface area (TPSA) is 41.8 Å². The lowest BCUT2D eigenvalue weighted by Gasteiger charge is -2.15. The Hall–Kier alpha value is -1.44. The molecule has 0 saturated carbocycles. The lowest BCUT2D eigenvalue weighted by Crippen LogP contribution is -2.10. The third-order valence-electron chi connectivity index (χ3n) is 2.51. The number of H-pyrrole nitrogens is 1. The number of fused-ring (bicyclic) bond motifs is 1. The monoisotopic (exact) mass is 188 g/mol. The molecule has 0 amide bonds. The first kappa shape index (κ1) is 9.13. The fourth-order valence-corrected chi connectivity index (χ4v) is 1.58. The summed E-state index contributed by atoms with van der Waals surface area (Å²) in [7, 11) is 0. The van der Waals surface area contributed by atoms with E-state index < -0.39 is 0 Å². The third kappa shape index (κ3) is 1.37. The van der Waals surface area contributed by atoms with E-state index in [0.29, 0.717) is 0 Å². The van der Waals surface area contributed by atoms with Gasteiger partial charge < -0.3 is 10.7 Å². The predicted octanol–water partition coefficient (Wildman–Crippen LogP) is 3.05. The Kier molecular flexibility index (Phi) is 1.81. The van der Waals surface area contributed by atoms with Crippen LogP contribution in [0.3, 0.4) is 0 Å². The summed E-state index contributed by atoms with van der Waals surface area (Å²) in [6, 6.07) is 8.11. The summed E-state index contributed by atoms with van der Waals surface area (Å²) in [5.74, 6) is 0. The van der Waals surface area contributed by atoms with Crippen molar-refractivity contribution in [2.75, 3.05) is 5.73 Å². The number of hydrogen-bond acceptors (Lipinski definition) is 1. The number of nitrogens with two attached hydrogens (primary N) is 1. The first-order chi connectivity index (χ1) is 6.48. The Bertz CT molecular complexity index is 461. The number of rotatable bonds is 0. The molecule has 3 N–H and O–H groups in total. The van der Waals surface area contributed by atoms with Crippen LogP contribution in [0, 0.1) is 0 Å². The zero-order valence-corrected chi connectivity index (χ0v) is 8.89. The van der Waals surface area contributed by atoms with Crippen LogP contribution in [0.5, 0.6) is 0 Å². The molecule has 1 heterocycles. The Balaban J connectivity index is 2.69. The van der Waals surface area contributed by atoms with Crippen LogP contribution in [0.15, 0.2) is 24.3 Å². The first-order valence-electron chi connectivity index (χ1n) is 4.86. The van der Waals surface area contributed by atoms with Crippen LogP contribution in [0.2, 0.25) is 0 Å². The fourth-order valence-electron chi connectivity index (χ4n) is 1.58. The Morgan fingerprint density at radius 1 is 1.21 bits per heavy atom. The lowest BCUT2D eigenvalue weighted by atomic mass is 9.92. The van der Waals surface area contributed by atoms with Gasteiger partial charge >= 0.3 is 0 Å². The van der Waals surface area contributed by atoms with Crippen LogP contribution in [0.1, 0.15) is 26.5 Å². The minimum absolute atomic E-state index is 0.144. The van der Waals surface area contributed by atoms with E-state index in [1.54, 1.807) is 0 Å². The Labute approximate surface area is 84.1 Å². The van der Waals surface area contributed by atoms with Crippen molar-refractivity contribution in [1.82, 2.24) is 4.98 Å². The molecule has 1 aromatic heterocycles. The van der Waals surface area contributed by atoms with Crippen LogP contribution < -0.4 is 5.73 Å². The van der Waals surface area contributed by atoms with Gasteiger partial charge in [-0.15, -0.1) is 0 Å². The molecule has 0 fully saturated rings. The van der Waals surface area contributed by atoms with Gasteiger partial charge in [-0.2, -0.15) is 0 Å². The molecule has 0 aliphatic carbocycles. The van der Waals surface area contributed by atoms with Crippen molar-refractivity contribution >= 4 is 16.6 Å². The molecule has 2 rings (SSSR count). The van der Waals surface area contributed by atoms with E-state index in [-0.39, 0.29) is 5.41 Å². The highest BCUT2D eigenvalue weighted by atomic mass is 14.7. The van der Waals surface area contributed by atoms with Crippen molar-refractivity contribution in [2.24, 2.45) is 0 Å². The van der Waals surface area contributed by atoms with E-state index in [0.717, 1.165) is 16.6 Å². The molecule has 0 bridgehead atoms. The van der Waals surface area contributed by atoms with Crippen molar-refractivity contribution in [1.29, 1.82) is 0 Å². The zero-order valence-electron chi connectivity index (χ0n) is 8.89. The van der Waals surface area contributed by atoms with Crippen molar-refractivity contribution in [3.63, 3.8) is 0 Å². The molecule has 0 aliphatic rings. The van der Waals surface area contributed by atoms with Crippen LogP contribution in [-0.2, 0) is 5.41 Å². The van der Waals surface area contributed by atoms with E-state index in [9.17, 15) is 0 Å². The summed E-state index contributed by atoms with van der Waals surface area (Å²) in [5.41, 5.74) is 9.23. The number of anilines is 1. The quantitative estimate of drug-likeness (QED) is 0.613. The number of hydrogen-bond donors (Lipinski definition) is 2. The molecule has 2 heteroatoms. The maximum atomic E-state index is 5.89. The number of nitrogen functional groups attached to an aromatic ring is 1. The average Bonchev–Trinajstić information content (AvgIpc) is 2.48. The van der Waals surface area contributed by atoms with Crippen LogP contribution in [-0.4, -0.2) is 4.98 Å². The lowest BCUT2D eigenvalue weighted by molar-refractivity contribution is 0.574. The molecule has 0 aliphatic heterocycles. The highest BCUT2D eigenvalue weighted by Crippen LogP contribution is 2.28. The van der Waals surface area contributed by atoms with Crippen LogP contribution >= 0.6 is 0 Å². The van der Waals surface area contributed by atoms with Crippen molar-refractivity contribution in [3.8, 4) is 0 Å². The molecule has 0 radical (unpaired) electrons. The molecular weight excluding hydrogens is 172 g/mol. The van der Waals surface area contributed by atoms with Gasteiger partial charge in [-0.1, -0.05) is 26.8 Å². The molecule has 2 aromatic rings. The van der Waals surface area contributed by atoms with E-state index in [4.69, 9.17) is 5.73 Å². The summed E-state index contributed by atoms with van der Waals surface area (Å²) in [4.78, 5) is 3.40. The highest BCUT2D eigenvalue weighted by molar-refractivity contribution is 5.91. The van der Waals surface area contributed by atoms with E-state index in [1.807, 2.05) is 12.1 Å². The third-order valence-corrected chi connectivity index (χ3v) is 2.51. The fraction of sp³-hybridized carbons (Fsp3) is 0.333. The first-order valence-corrected chi connectivity index (χ1v) is 4.86. The van der Waals surface area contributed by atoms with Crippen molar-refractivity contribution in [3.05, 3.63) is 30.0 Å². The van der Waals surface area contributed by atoms with E-state index in [2.05, 4.69) is 37.9 Å². The number of aromatic amines is 1. The van der Waals surface area contributed by atoms with Gasteiger partial charge in [-0.25, -0.2) is 0 Å². The van der Waals surface area contributed by atoms with E-state index >= 15 is 0 Å². The molecule has 74 valence electrons. The number of nitrogens with one attached hydrogen (secondary N) is 1. The van der Waals surface area contributed by atoms with Gasteiger partial charge in [0.1, 0.15) is 0 Å². The Morgan fingerprint density at radius 2 is 1.93 bits per heavy atom. The second-order valence-corrected chi connectivity index (χ2v) is 4.74. The molecule has 1 aromatic carbocycles. The second kappa shape index (κ2) is 2.77. The number of benzene rings is 1. The van der Waals surface area contributed by atoms with Gasteiger partial charge in [0.2, 0.25) is 0 Å². The van der Waals surface area contributed by atoms with Crippen molar-refractivity contribution < 1.29 is 0 Å². The largest absolute Gasteiger partial charge is 0.398 e. The maximum Gasteiger partial charge on any atom is 0.0477 e.